The normalized spacial score (nSPS) is 21.6. The van der Waals surface area contributed by atoms with Crippen molar-refractivity contribution >= 4 is 29.0 Å². The van der Waals surface area contributed by atoms with Gasteiger partial charge in [0.15, 0.2) is 0 Å². The van der Waals surface area contributed by atoms with E-state index in [0.29, 0.717) is 30.2 Å². The van der Waals surface area contributed by atoms with Gasteiger partial charge in [-0.2, -0.15) is 0 Å². The minimum atomic E-state index is -0.523. The summed E-state index contributed by atoms with van der Waals surface area (Å²) in [5, 5.41) is 16.5. The van der Waals surface area contributed by atoms with Gasteiger partial charge in [0.1, 0.15) is 5.60 Å². The Kier molecular flexibility index (Phi) is 6.26. The van der Waals surface area contributed by atoms with Crippen LogP contribution < -0.4 is 5.32 Å². The Hall–Kier alpha value is -3.40. The predicted octanol–water partition coefficient (Wildman–Crippen LogP) is 4.85. The molecule has 37 heavy (non-hydrogen) atoms. The second-order valence-electron chi connectivity index (χ2n) is 11.7. The van der Waals surface area contributed by atoms with Gasteiger partial charge in [0.25, 0.3) is 5.91 Å². The number of aliphatic hydroxyl groups is 1. The standard InChI is InChI=1S/C27H35N5O5/c1-16(2)19-11-22(37-30-19)23(34)29-24-28-20-10-17(14-33)6-7-21(20)32(24)18-12-27(13-18)8-9-31(15-27)25(35)36-26(3,4)5/h6-7,10-11,16,18,33H,8-9,12-15H2,1-5H3,(H,28,29,34). The lowest BCUT2D eigenvalue weighted by atomic mass is 9.65. The fourth-order valence-electron chi connectivity index (χ4n) is 5.40. The maximum absolute atomic E-state index is 13.0. The Labute approximate surface area is 216 Å². The summed E-state index contributed by atoms with van der Waals surface area (Å²) in [6.45, 7) is 10.8. The molecule has 10 nitrogen and oxygen atoms in total. The largest absolute Gasteiger partial charge is 0.444 e. The number of hydrogen-bond donors (Lipinski definition) is 2. The Morgan fingerprint density at radius 1 is 1.27 bits per heavy atom. The highest BCUT2D eigenvalue weighted by Gasteiger charge is 2.51. The van der Waals surface area contributed by atoms with Gasteiger partial charge >= 0.3 is 6.09 Å². The highest BCUT2D eigenvalue weighted by molar-refractivity contribution is 6.02. The third-order valence-electron chi connectivity index (χ3n) is 7.30. The fraction of sp³-hybridized carbons (Fsp3) is 0.556. The van der Waals surface area contributed by atoms with E-state index in [0.717, 1.165) is 30.3 Å². The fourth-order valence-corrected chi connectivity index (χ4v) is 5.40. The van der Waals surface area contributed by atoms with Gasteiger partial charge in [-0.15, -0.1) is 0 Å². The van der Waals surface area contributed by atoms with Crippen LogP contribution in [-0.4, -0.2) is 55.4 Å². The number of nitrogens with one attached hydrogen (secondary N) is 1. The quantitative estimate of drug-likeness (QED) is 0.504. The van der Waals surface area contributed by atoms with E-state index < -0.39 is 11.5 Å². The molecule has 198 valence electrons. The number of amides is 2. The van der Waals surface area contributed by atoms with E-state index in [1.165, 1.54) is 0 Å². The van der Waals surface area contributed by atoms with E-state index in [2.05, 4.69) is 15.0 Å². The zero-order valence-corrected chi connectivity index (χ0v) is 22.1. The van der Waals surface area contributed by atoms with Gasteiger partial charge in [0.05, 0.1) is 23.3 Å². The average Bonchev–Trinajstić information content (AvgIpc) is 3.53. The van der Waals surface area contributed by atoms with E-state index in [9.17, 15) is 14.7 Å². The van der Waals surface area contributed by atoms with Crippen LogP contribution in [0.15, 0.2) is 28.8 Å². The van der Waals surface area contributed by atoms with Crippen molar-refractivity contribution in [1.29, 1.82) is 0 Å². The molecule has 0 bridgehead atoms. The minimum Gasteiger partial charge on any atom is -0.444 e. The van der Waals surface area contributed by atoms with Crippen LogP contribution in [0.5, 0.6) is 0 Å². The second kappa shape index (κ2) is 9.16. The Morgan fingerprint density at radius 2 is 2.03 bits per heavy atom. The van der Waals surface area contributed by atoms with Crippen molar-refractivity contribution < 1.29 is 24.0 Å². The molecule has 5 rings (SSSR count). The molecule has 1 saturated carbocycles. The molecule has 1 aliphatic carbocycles. The first-order valence-electron chi connectivity index (χ1n) is 12.8. The van der Waals surface area contributed by atoms with Crippen molar-refractivity contribution in [1.82, 2.24) is 19.6 Å². The van der Waals surface area contributed by atoms with Crippen molar-refractivity contribution in [2.24, 2.45) is 5.41 Å². The number of aromatic nitrogens is 3. The number of carbonyl (C=O) groups is 2. The van der Waals surface area contributed by atoms with Gasteiger partial charge < -0.3 is 23.8 Å². The lowest BCUT2D eigenvalue weighted by molar-refractivity contribution is 0.0199. The zero-order valence-electron chi connectivity index (χ0n) is 22.1. The Morgan fingerprint density at radius 3 is 2.68 bits per heavy atom. The van der Waals surface area contributed by atoms with Crippen LogP contribution in [0.1, 0.15) is 87.7 Å². The molecule has 1 spiro atoms. The van der Waals surface area contributed by atoms with Crippen LogP contribution in [0.4, 0.5) is 10.7 Å². The van der Waals surface area contributed by atoms with Crippen molar-refractivity contribution in [2.45, 2.75) is 78.0 Å². The summed E-state index contributed by atoms with van der Waals surface area (Å²) in [5.41, 5.74) is 2.55. The molecule has 3 aromatic rings. The van der Waals surface area contributed by atoms with Crippen LogP contribution in [0, 0.1) is 5.41 Å². The lowest BCUT2D eigenvalue weighted by Crippen LogP contribution is -2.43. The van der Waals surface area contributed by atoms with Crippen molar-refractivity contribution in [3.63, 3.8) is 0 Å². The first kappa shape index (κ1) is 25.3. The first-order valence-corrected chi connectivity index (χ1v) is 12.8. The molecular weight excluding hydrogens is 474 g/mol. The Balaban J connectivity index is 1.37. The number of fused-ring (bicyclic) bond motifs is 1. The third kappa shape index (κ3) is 4.94. The van der Waals surface area contributed by atoms with Gasteiger partial charge in [0.2, 0.25) is 11.7 Å². The van der Waals surface area contributed by atoms with Crippen LogP contribution in [0.25, 0.3) is 11.0 Å². The molecule has 1 aliphatic heterocycles. The SMILES string of the molecule is CC(C)c1cc(C(=O)Nc2nc3cc(CO)ccc3n2C2CC3(CCN(C(=O)OC(C)(C)C)C3)C2)on1. The number of imidazole rings is 1. The molecular formula is C27H35N5O5. The van der Waals surface area contributed by atoms with Gasteiger partial charge in [-0.25, -0.2) is 9.78 Å². The third-order valence-corrected chi connectivity index (χ3v) is 7.30. The summed E-state index contributed by atoms with van der Waals surface area (Å²) in [4.78, 5) is 32.1. The number of aliphatic hydroxyl groups excluding tert-OH is 1. The second-order valence-corrected chi connectivity index (χ2v) is 11.7. The molecule has 10 heteroatoms. The topological polar surface area (TPSA) is 123 Å². The maximum atomic E-state index is 13.0. The number of anilines is 1. The van der Waals surface area contributed by atoms with Crippen molar-refractivity contribution in [3.05, 3.63) is 41.3 Å². The summed E-state index contributed by atoms with van der Waals surface area (Å²) >= 11 is 0. The number of likely N-dealkylation sites (tertiary alicyclic amines) is 1. The van der Waals surface area contributed by atoms with Crippen LogP contribution in [0.2, 0.25) is 0 Å². The van der Waals surface area contributed by atoms with E-state index in [1.807, 2.05) is 52.8 Å². The molecule has 2 fully saturated rings. The summed E-state index contributed by atoms with van der Waals surface area (Å²) in [5.74, 6) is 0.292. The molecule has 2 amide bonds. The molecule has 3 heterocycles. The van der Waals surface area contributed by atoms with Crippen molar-refractivity contribution in [2.75, 3.05) is 18.4 Å². The monoisotopic (exact) mass is 509 g/mol. The highest BCUT2D eigenvalue weighted by atomic mass is 16.6. The van der Waals surface area contributed by atoms with E-state index in [1.54, 1.807) is 11.0 Å². The molecule has 1 saturated heterocycles. The molecule has 0 atom stereocenters. The predicted molar refractivity (Wildman–Crippen MR) is 137 cm³/mol. The van der Waals surface area contributed by atoms with Crippen LogP contribution >= 0.6 is 0 Å². The van der Waals surface area contributed by atoms with Gasteiger partial charge in [-0.05, 0) is 69.1 Å². The number of carbonyl (C=O) groups excluding carboxylic acids is 2. The molecule has 1 aromatic carbocycles. The summed E-state index contributed by atoms with van der Waals surface area (Å²) < 4.78 is 12.9. The summed E-state index contributed by atoms with van der Waals surface area (Å²) in [6, 6.07) is 7.40. The Bertz CT molecular complexity index is 1330. The van der Waals surface area contributed by atoms with Gasteiger partial charge in [-0.3, -0.25) is 10.1 Å². The highest BCUT2D eigenvalue weighted by Crippen LogP contribution is 2.55. The number of benzene rings is 1. The zero-order chi connectivity index (χ0) is 26.5. The molecule has 0 unspecified atom stereocenters. The van der Waals surface area contributed by atoms with Crippen molar-refractivity contribution in [3.8, 4) is 0 Å². The summed E-state index contributed by atoms with van der Waals surface area (Å²) in [7, 11) is 0. The molecule has 2 N–H and O–H groups in total. The maximum Gasteiger partial charge on any atom is 0.410 e. The smallest absolute Gasteiger partial charge is 0.410 e. The minimum absolute atomic E-state index is 0.0293. The lowest BCUT2D eigenvalue weighted by Gasteiger charge is -2.46. The van der Waals surface area contributed by atoms with E-state index >= 15 is 0 Å². The van der Waals surface area contributed by atoms with Gasteiger partial charge in [-0.1, -0.05) is 25.1 Å². The van der Waals surface area contributed by atoms with E-state index in [4.69, 9.17) is 14.2 Å². The number of hydrogen-bond acceptors (Lipinski definition) is 7. The first-order chi connectivity index (χ1) is 17.5. The van der Waals surface area contributed by atoms with Gasteiger partial charge in [0, 0.05) is 25.2 Å². The summed E-state index contributed by atoms with van der Waals surface area (Å²) in [6.07, 6.45) is 2.38. The van der Waals surface area contributed by atoms with Crippen LogP contribution in [0.3, 0.4) is 0 Å². The number of ether oxygens (including phenoxy) is 1. The molecule has 0 radical (unpaired) electrons. The van der Waals surface area contributed by atoms with E-state index in [-0.39, 0.29) is 35.8 Å². The molecule has 2 aliphatic rings. The number of rotatable bonds is 5. The van der Waals surface area contributed by atoms with Crippen LogP contribution in [-0.2, 0) is 11.3 Å². The molecule has 2 aromatic heterocycles. The number of nitrogens with zero attached hydrogens (tertiary/aromatic N) is 4. The average molecular weight is 510 g/mol.